The van der Waals surface area contributed by atoms with Gasteiger partial charge in [-0.25, -0.2) is 0 Å². The lowest BCUT2D eigenvalue weighted by molar-refractivity contribution is 0.324. The standard InChI is InChI=1S/C13H25N3O/c1-5-8-10(9-6-2)11-15-12(16-17-11)13(4,14)7-3/h10H,5-9,14H2,1-4H3. The summed E-state index contributed by atoms with van der Waals surface area (Å²) in [4.78, 5) is 4.49. The van der Waals surface area contributed by atoms with Crippen molar-refractivity contribution in [2.45, 2.75) is 71.3 Å². The zero-order chi connectivity index (χ0) is 12.9. The first kappa shape index (κ1) is 14.2. The highest BCUT2D eigenvalue weighted by Gasteiger charge is 2.27. The molecule has 0 radical (unpaired) electrons. The first-order valence-electron chi connectivity index (χ1n) is 6.68. The summed E-state index contributed by atoms with van der Waals surface area (Å²) >= 11 is 0. The average Bonchev–Trinajstić information content (AvgIpc) is 2.78. The Morgan fingerprint density at radius 3 is 2.29 bits per heavy atom. The van der Waals surface area contributed by atoms with Gasteiger partial charge < -0.3 is 10.3 Å². The van der Waals surface area contributed by atoms with Crippen molar-refractivity contribution >= 4 is 0 Å². The average molecular weight is 239 g/mol. The fourth-order valence-corrected chi connectivity index (χ4v) is 1.88. The summed E-state index contributed by atoms with van der Waals surface area (Å²) < 4.78 is 5.38. The Morgan fingerprint density at radius 2 is 1.82 bits per heavy atom. The molecule has 1 unspecified atom stereocenters. The summed E-state index contributed by atoms with van der Waals surface area (Å²) in [7, 11) is 0. The van der Waals surface area contributed by atoms with Gasteiger partial charge in [-0.05, 0) is 26.2 Å². The Hall–Kier alpha value is -0.900. The van der Waals surface area contributed by atoms with E-state index >= 15 is 0 Å². The third-order valence-corrected chi connectivity index (χ3v) is 3.31. The second kappa shape index (κ2) is 6.15. The van der Waals surface area contributed by atoms with Crippen LogP contribution in [0.2, 0.25) is 0 Å². The number of hydrogen-bond acceptors (Lipinski definition) is 4. The minimum atomic E-state index is -0.481. The van der Waals surface area contributed by atoms with E-state index in [-0.39, 0.29) is 0 Å². The molecule has 0 amide bonds. The van der Waals surface area contributed by atoms with E-state index in [1.54, 1.807) is 0 Å². The smallest absolute Gasteiger partial charge is 0.229 e. The van der Waals surface area contributed by atoms with Crippen molar-refractivity contribution in [2.24, 2.45) is 5.73 Å². The van der Waals surface area contributed by atoms with Crippen LogP contribution < -0.4 is 5.73 Å². The summed E-state index contributed by atoms with van der Waals surface area (Å²) in [6.45, 7) is 8.33. The van der Waals surface area contributed by atoms with Crippen LogP contribution in [0, 0.1) is 0 Å². The van der Waals surface area contributed by atoms with Crippen molar-refractivity contribution in [1.29, 1.82) is 0 Å². The predicted molar refractivity (Wildman–Crippen MR) is 68.7 cm³/mol. The van der Waals surface area contributed by atoms with Crippen LogP contribution in [-0.2, 0) is 5.54 Å². The molecule has 0 bridgehead atoms. The van der Waals surface area contributed by atoms with Gasteiger partial charge in [0.05, 0.1) is 5.54 Å². The Balaban J connectivity index is 2.84. The minimum absolute atomic E-state index is 0.388. The van der Waals surface area contributed by atoms with Gasteiger partial charge in [-0.3, -0.25) is 0 Å². The van der Waals surface area contributed by atoms with Crippen molar-refractivity contribution in [2.75, 3.05) is 0 Å². The molecule has 4 heteroatoms. The Morgan fingerprint density at radius 1 is 1.24 bits per heavy atom. The van der Waals surface area contributed by atoms with E-state index in [1.165, 1.54) is 0 Å². The molecule has 0 aliphatic rings. The molecule has 17 heavy (non-hydrogen) atoms. The van der Waals surface area contributed by atoms with Gasteiger partial charge in [0.1, 0.15) is 0 Å². The predicted octanol–water partition coefficient (Wildman–Crippen LogP) is 3.34. The van der Waals surface area contributed by atoms with Gasteiger partial charge in [0.25, 0.3) is 0 Å². The molecule has 0 fully saturated rings. The molecule has 0 saturated heterocycles. The number of nitrogens with two attached hydrogens (primary N) is 1. The van der Waals surface area contributed by atoms with Crippen LogP contribution in [0.5, 0.6) is 0 Å². The fourth-order valence-electron chi connectivity index (χ4n) is 1.88. The Labute approximate surface area is 104 Å². The molecule has 0 aliphatic heterocycles. The van der Waals surface area contributed by atoms with Crippen molar-refractivity contribution < 1.29 is 4.52 Å². The first-order valence-corrected chi connectivity index (χ1v) is 6.68. The summed E-state index contributed by atoms with van der Waals surface area (Å²) in [6, 6.07) is 0. The van der Waals surface area contributed by atoms with E-state index in [0.29, 0.717) is 11.7 Å². The summed E-state index contributed by atoms with van der Waals surface area (Å²) in [5.41, 5.74) is 5.63. The summed E-state index contributed by atoms with van der Waals surface area (Å²) in [6.07, 6.45) is 5.27. The summed E-state index contributed by atoms with van der Waals surface area (Å²) in [5, 5.41) is 4.03. The number of hydrogen-bond donors (Lipinski definition) is 1. The molecule has 98 valence electrons. The Bertz CT molecular complexity index is 327. The highest BCUT2D eigenvalue weighted by Crippen LogP contribution is 2.27. The number of rotatable bonds is 7. The van der Waals surface area contributed by atoms with Crippen LogP contribution in [0.3, 0.4) is 0 Å². The normalized spacial score (nSPS) is 15.2. The SMILES string of the molecule is CCCC(CCC)c1nc(C(C)(N)CC)no1. The van der Waals surface area contributed by atoms with Crippen LogP contribution in [0.15, 0.2) is 4.52 Å². The second-order valence-corrected chi connectivity index (χ2v) is 5.00. The lowest BCUT2D eigenvalue weighted by Gasteiger charge is -2.17. The van der Waals surface area contributed by atoms with E-state index < -0.39 is 5.54 Å². The fraction of sp³-hybridized carbons (Fsp3) is 0.846. The lowest BCUT2D eigenvalue weighted by atomic mass is 9.97. The van der Waals surface area contributed by atoms with Crippen LogP contribution in [0.1, 0.15) is 77.4 Å². The van der Waals surface area contributed by atoms with Crippen molar-refractivity contribution in [3.8, 4) is 0 Å². The van der Waals surface area contributed by atoms with E-state index in [2.05, 4.69) is 24.0 Å². The minimum Gasteiger partial charge on any atom is -0.339 e. The van der Waals surface area contributed by atoms with E-state index in [0.717, 1.165) is 38.0 Å². The third-order valence-electron chi connectivity index (χ3n) is 3.31. The maximum atomic E-state index is 6.11. The molecule has 1 aromatic rings. The van der Waals surface area contributed by atoms with Crippen molar-refractivity contribution in [3.05, 3.63) is 11.7 Å². The molecule has 4 nitrogen and oxygen atoms in total. The zero-order valence-electron chi connectivity index (χ0n) is 11.5. The van der Waals surface area contributed by atoms with Crippen LogP contribution in [0.4, 0.5) is 0 Å². The lowest BCUT2D eigenvalue weighted by Crippen LogP contribution is -2.33. The zero-order valence-corrected chi connectivity index (χ0v) is 11.5. The number of aromatic nitrogens is 2. The quantitative estimate of drug-likeness (QED) is 0.792. The third kappa shape index (κ3) is 3.53. The maximum absolute atomic E-state index is 6.11. The van der Waals surface area contributed by atoms with E-state index in [4.69, 9.17) is 10.3 Å². The van der Waals surface area contributed by atoms with Gasteiger partial charge >= 0.3 is 0 Å². The Kier molecular flexibility index (Phi) is 5.12. The van der Waals surface area contributed by atoms with Crippen LogP contribution in [0.25, 0.3) is 0 Å². The van der Waals surface area contributed by atoms with Crippen molar-refractivity contribution in [3.63, 3.8) is 0 Å². The van der Waals surface area contributed by atoms with Crippen LogP contribution in [-0.4, -0.2) is 10.1 Å². The molecule has 1 heterocycles. The second-order valence-electron chi connectivity index (χ2n) is 5.00. The molecule has 1 atom stereocenters. The van der Waals surface area contributed by atoms with E-state index in [9.17, 15) is 0 Å². The largest absolute Gasteiger partial charge is 0.339 e. The van der Waals surface area contributed by atoms with Crippen LogP contribution >= 0.6 is 0 Å². The molecule has 2 N–H and O–H groups in total. The van der Waals surface area contributed by atoms with E-state index in [1.807, 2.05) is 13.8 Å². The highest BCUT2D eigenvalue weighted by molar-refractivity contribution is 5.03. The first-order chi connectivity index (χ1) is 8.05. The molecule has 0 spiro atoms. The van der Waals surface area contributed by atoms with Gasteiger partial charge in [0.15, 0.2) is 5.82 Å². The van der Waals surface area contributed by atoms with Gasteiger partial charge in [-0.2, -0.15) is 4.98 Å². The van der Waals surface area contributed by atoms with Gasteiger partial charge in [0.2, 0.25) is 5.89 Å². The monoisotopic (exact) mass is 239 g/mol. The van der Waals surface area contributed by atoms with Crippen molar-refractivity contribution in [1.82, 2.24) is 10.1 Å². The highest BCUT2D eigenvalue weighted by atomic mass is 16.5. The molecule has 1 rings (SSSR count). The van der Waals surface area contributed by atoms with Gasteiger partial charge in [0, 0.05) is 5.92 Å². The molecule has 0 aliphatic carbocycles. The molecular weight excluding hydrogens is 214 g/mol. The summed E-state index contributed by atoms with van der Waals surface area (Å²) in [5.74, 6) is 1.78. The van der Waals surface area contributed by atoms with Gasteiger partial charge in [-0.15, -0.1) is 0 Å². The molecule has 1 aromatic heterocycles. The molecular formula is C13H25N3O. The maximum Gasteiger partial charge on any atom is 0.229 e. The van der Waals surface area contributed by atoms with Gasteiger partial charge in [-0.1, -0.05) is 38.8 Å². The number of nitrogens with zero attached hydrogens (tertiary/aromatic N) is 2. The molecule has 0 saturated carbocycles. The topological polar surface area (TPSA) is 64.9 Å². The molecule has 0 aromatic carbocycles.